The van der Waals surface area contributed by atoms with Gasteiger partial charge in [0.15, 0.2) is 6.10 Å². The van der Waals surface area contributed by atoms with Crippen molar-refractivity contribution in [3.8, 4) is 22.6 Å². The lowest BCUT2D eigenvalue weighted by Gasteiger charge is -2.20. The Morgan fingerprint density at radius 3 is 2.09 bits per heavy atom. The smallest absolute Gasteiger partial charge is 0.338 e. The fraction of sp³-hybridized carbons (Fsp3) is 0.269. The number of hydrogen-bond donors (Lipinski definition) is 1. The second-order valence-electron chi connectivity index (χ2n) is 7.25. The van der Waals surface area contributed by atoms with Gasteiger partial charge in [-0.05, 0) is 35.4 Å². The molecule has 174 valence electrons. The highest BCUT2D eigenvalue weighted by atomic mass is 19.1. The summed E-state index contributed by atoms with van der Waals surface area (Å²) in [5.41, 5.74) is 2.18. The second-order valence-corrected chi connectivity index (χ2v) is 7.25. The number of benzene rings is 3. The molecular weight excluding hydrogens is 427 g/mol. The van der Waals surface area contributed by atoms with E-state index in [1.165, 1.54) is 19.2 Å². The Morgan fingerprint density at radius 1 is 0.879 bits per heavy atom. The number of halogens is 1. The third-order valence-corrected chi connectivity index (χ3v) is 5.05. The molecule has 6 nitrogen and oxygen atoms in total. The predicted octanol–water partition coefficient (Wildman–Crippen LogP) is 4.56. The van der Waals surface area contributed by atoms with Gasteiger partial charge in [0, 0.05) is 25.2 Å². The molecule has 0 radical (unpaired) electrons. The van der Waals surface area contributed by atoms with E-state index in [2.05, 4.69) is 16.9 Å². The van der Waals surface area contributed by atoms with E-state index in [1.54, 1.807) is 0 Å². The Hall–Kier alpha value is -3.42. The Morgan fingerprint density at radius 2 is 1.48 bits per heavy atom. The van der Waals surface area contributed by atoms with Gasteiger partial charge >= 0.3 is 5.97 Å². The van der Waals surface area contributed by atoms with E-state index in [9.17, 15) is 14.3 Å². The quantitative estimate of drug-likeness (QED) is 0.338. The summed E-state index contributed by atoms with van der Waals surface area (Å²) in [5, 5.41) is 10.3. The van der Waals surface area contributed by atoms with Crippen LogP contribution >= 0.6 is 0 Å². The van der Waals surface area contributed by atoms with Crippen LogP contribution in [-0.4, -0.2) is 44.6 Å². The van der Waals surface area contributed by atoms with Crippen LogP contribution in [0.4, 0.5) is 4.39 Å². The van der Waals surface area contributed by atoms with Crippen LogP contribution in [0.25, 0.3) is 11.1 Å². The molecule has 0 saturated carbocycles. The molecule has 0 heterocycles. The number of rotatable bonds is 11. The van der Waals surface area contributed by atoms with Crippen molar-refractivity contribution in [3.05, 3.63) is 84.2 Å². The summed E-state index contributed by atoms with van der Waals surface area (Å²) in [4.78, 5) is 11.7. The first-order valence-electron chi connectivity index (χ1n) is 10.5. The van der Waals surface area contributed by atoms with E-state index in [-0.39, 0.29) is 5.56 Å². The van der Waals surface area contributed by atoms with Gasteiger partial charge in [0.05, 0.1) is 20.3 Å². The number of ether oxygens (including phenoxy) is 4. The average molecular weight is 454 g/mol. The third kappa shape index (κ3) is 6.54. The number of methoxy groups -OCH3 is 2. The van der Waals surface area contributed by atoms with Crippen molar-refractivity contribution in [1.82, 2.24) is 0 Å². The van der Waals surface area contributed by atoms with Crippen LogP contribution in [0.5, 0.6) is 11.5 Å². The molecule has 0 amide bonds. The van der Waals surface area contributed by atoms with Gasteiger partial charge in [-0.3, -0.25) is 0 Å². The molecule has 33 heavy (non-hydrogen) atoms. The van der Waals surface area contributed by atoms with Gasteiger partial charge in [-0.1, -0.05) is 42.5 Å². The van der Waals surface area contributed by atoms with Crippen LogP contribution in [0.3, 0.4) is 0 Å². The molecule has 0 saturated heterocycles. The van der Waals surface area contributed by atoms with Gasteiger partial charge < -0.3 is 24.1 Å². The third-order valence-electron chi connectivity index (χ3n) is 5.05. The minimum Gasteiger partial charge on any atom is -0.493 e. The van der Waals surface area contributed by atoms with E-state index in [1.807, 2.05) is 42.5 Å². The first-order valence-corrected chi connectivity index (χ1v) is 10.5. The molecule has 3 aromatic rings. The lowest BCUT2D eigenvalue weighted by Crippen LogP contribution is -2.31. The summed E-state index contributed by atoms with van der Waals surface area (Å²) in [6.07, 6.45) is -2.23. The molecule has 0 bridgehead atoms. The van der Waals surface area contributed by atoms with Crippen molar-refractivity contribution in [3.63, 3.8) is 0 Å². The second kappa shape index (κ2) is 12.0. The van der Waals surface area contributed by atoms with Gasteiger partial charge in [-0.25, -0.2) is 9.18 Å². The monoisotopic (exact) mass is 454 g/mol. The van der Waals surface area contributed by atoms with E-state index >= 15 is 0 Å². The Labute approximate surface area is 192 Å². The molecule has 2 unspecified atom stereocenters. The molecule has 0 spiro atoms. The summed E-state index contributed by atoms with van der Waals surface area (Å²) in [5.74, 6) is -0.430. The van der Waals surface area contributed by atoms with Crippen molar-refractivity contribution in [2.75, 3.05) is 27.4 Å². The number of carbonyl (C=O) groups is 1. The summed E-state index contributed by atoms with van der Waals surface area (Å²) < 4.78 is 35.2. The minimum absolute atomic E-state index is 0.0816. The molecule has 0 aromatic heterocycles. The number of carbonyl (C=O) groups excluding carboxylic acids is 1. The summed E-state index contributed by atoms with van der Waals surface area (Å²) in [7, 11) is 2.40. The number of aliphatic hydroxyl groups excluding tert-OH is 1. The van der Waals surface area contributed by atoms with E-state index in [4.69, 9.17) is 14.2 Å². The number of hydrogen-bond acceptors (Lipinski definition) is 6. The summed E-state index contributed by atoms with van der Waals surface area (Å²) in [6, 6.07) is 22.0. The van der Waals surface area contributed by atoms with Crippen LogP contribution in [0.15, 0.2) is 72.8 Å². The highest BCUT2D eigenvalue weighted by Gasteiger charge is 2.30. The van der Waals surface area contributed by atoms with Crippen molar-refractivity contribution in [2.24, 2.45) is 0 Å². The van der Waals surface area contributed by atoms with Gasteiger partial charge in [0.2, 0.25) is 0 Å². The summed E-state index contributed by atoms with van der Waals surface area (Å²) >= 11 is 0. The minimum atomic E-state index is -1.50. The molecule has 1 N–H and O–H groups in total. The Balaban J connectivity index is 1.45. The van der Waals surface area contributed by atoms with Crippen LogP contribution in [-0.2, 0) is 14.3 Å². The van der Waals surface area contributed by atoms with Crippen molar-refractivity contribution in [2.45, 2.75) is 18.6 Å². The fourth-order valence-corrected chi connectivity index (χ4v) is 3.28. The van der Waals surface area contributed by atoms with Crippen LogP contribution < -0.4 is 9.47 Å². The first-order chi connectivity index (χ1) is 16.0. The Kier molecular flexibility index (Phi) is 8.80. The van der Waals surface area contributed by atoms with Crippen LogP contribution in [0, 0.1) is 5.82 Å². The lowest BCUT2D eigenvalue weighted by molar-refractivity contribution is -0.159. The maximum atomic E-state index is 14.4. The molecule has 3 rings (SSSR count). The molecule has 2 atom stereocenters. The van der Waals surface area contributed by atoms with Gasteiger partial charge in [0.25, 0.3) is 0 Å². The standard InChI is InChI=1S/C26H27FO6/c1-30-25(26(29)31-2)24(28)22-14-13-21(17-23(22)27)33-16-6-15-32-20-11-9-19(10-12-20)18-7-4-3-5-8-18/h3-5,7-14,17,24-25,28H,6,15-16H2,1-2H3. The number of esters is 1. The molecule has 0 aliphatic rings. The normalized spacial score (nSPS) is 12.6. The van der Waals surface area contributed by atoms with Crippen molar-refractivity contribution in [1.29, 1.82) is 0 Å². The fourth-order valence-electron chi connectivity index (χ4n) is 3.28. The highest BCUT2D eigenvalue weighted by molar-refractivity contribution is 5.75. The Bertz CT molecular complexity index is 1020. The lowest BCUT2D eigenvalue weighted by atomic mass is 10.0. The zero-order valence-electron chi connectivity index (χ0n) is 18.6. The molecule has 3 aromatic carbocycles. The maximum Gasteiger partial charge on any atom is 0.338 e. The van der Waals surface area contributed by atoms with Crippen molar-refractivity contribution >= 4 is 5.97 Å². The predicted molar refractivity (Wildman–Crippen MR) is 122 cm³/mol. The topological polar surface area (TPSA) is 74.2 Å². The largest absolute Gasteiger partial charge is 0.493 e. The SMILES string of the molecule is COC(=O)C(OC)C(O)c1ccc(OCCCOc2ccc(-c3ccccc3)cc2)cc1F. The summed E-state index contributed by atoms with van der Waals surface area (Å²) in [6.45, 7) is 0.769. The maximum absolute atomic E-state index is 14.4. The molecule has 0 aliphatic heterocycles. The molecular formula is C26H27FO6. The molecule has 0 fully saturated rings. The molecule has 7 heteroatoms. The first kappa shape index (κ1) is 24.2. The van der Waals surface area contributed by atoms with Gasteiger partial charge in [-0.2, -0.15) is 0 Å². The molecule has 0 aliphatic carbocycles. The van der Waals surface area contributed by atoms with E-state index in [0.29, 0.717) is 25.4 Å². The van der Waals surface area contributed by atoms with Crippen LogP contribution in [0.1, 0.15) is 18.1 Å². The average Bonchev–Trinajstić information content (AvgIpc) is 2.85. The van der Waals surface area contributed by atoms with Crippen molar-refractivity contribution < 1.29 is 33.2 Å². The highest BCUT2D eigenvalue weighted by Crippen LogP contribution is 2.26. The van der Waals surface area contributed by atoms with E-state index < -0.39 is 24.0 Å². The zero-order chi connectivity index (χ0) is 23.6. The van der Waals surface area contributed by atoms with Crippen LogP contribution in [0.2, 0.25) is 0 Å². The van der Waals surface area contributed by atoms with Gasteiger partial charge in [0.1, 0.15) is 23.4 Å². The zero-order valence-corrected chi connectivity index (χ0v) is 18.6. The van der Waals surface area contributed by atoms with Gasteiger partial charge in [-0.15, -0.1) is 0 Å². The number of aliphatic hydroxyl groups is 1. The van der Waals surface area contributed by atoms with E-state index in [0.717, 1.165) is 30.1 Å².